The number of rotatable bonds is 4. The highest BCUT2D eigenvalue weighted by atomic mass is 19.1. The lowest BCUT2D eigenvalue weighted by atomic mass is 10.1. The first-order chi connectivity index (χ1) is 12.5. The molecule has 0 fully saturated rings. The number of nitrogens with zero attached hydrogens (tertiary/aromatic N) is 3. The summed E-state index contributed by atoms with van der Waals surface area (Å²) >= 11 is 0. The van der Waals surface area contributed by atoms with Crippen molar-refractivity contribution in [1.29, 1.82) is 0 Å². The molecule has 26 heavy (non-hydrogen) atoms. The molecule has 9 heteroatoms. The van der Waals surface area contributed by atoms with Crippen LogP contribution in [-0.2, 0) is 9.59 Å². The van der Waals surface area contributed by atoms with Crippen LogP contribution in [0.1, 0.15) is 12.8 Å². The Morgan fingerprint density at radius 2 is 1.92 bits per heavy atom. The molecule has 0 bridgehead atoms. The van der Waals surface area contributed by atoms with Gasteiger partial charge < -0.3 is 4.74 Å². The Kier molecular flexibility index (Phi) is 4.70. The molecule has 1 amide bonds. The predicted octanol–water partition coefficient (Wildman–Crippen LogP) is 2.82. The van der Waals surface area contributed by atoms with Crippen LogP contribution in [0.3, 0.4) is 0 Å². The van der Waals surface area contributed by atoms with Gasteiger partial charge in [0.2, 0.25) is 11.7 Å². The highest BCUT2D eigenvalue weighted by Gasteiger charge is 2.28. The third-order valence-electron chi connectivity index (χ3n) is 3.59. The fourth-order valence-corrected chi connectivity index (χ4v) is 2.35. The maximum Gasteiger partial charge on any atom is 0.360 e. The number of ether oxygens (including phenoxy) is 1. The van der Waals surface area contributed by atoms with Crippen molar-refractivity contribution in [1.82, 2.24) is 0 Å². The number of anilines is 1. The van der Waals surface area contributed by atoms with Crippen LogP contribution in [0.2, 0.25) is 0 Å². The largest absolute Gasteiger partial charge is 0.414 e. The number of amides is 1. The number of esters is 1. The maximum absolute atomic E-state index is 13.3. The first-order valence-electron chi connectivity index (χ1n) is 7.57. The van der Waals surface area contributed by atoms with E-state index in [1.54, 1.807) is 30.3 Å². The van der Waals surface area contributed by atoms with Crippen LogP contribution < -0.4 is 9.75 Å². The molecule has 1 heterocycles. The van der Waals surface area contributed by atoms with E-state index < -0.39 is 28.1 Å². The molecular weight excluding hydrogens is 345 g/mol. The molecular formula is C17H12FN3O5. The third kappa shape index (κ3) is 3.56. The number of hydrazone groups is 1. The molecule has 0 saturated carbocycles. The fourth-order valence-electron chi connectivity index (χ4n) is 2.35. The van der Waals surface area contributed by atoms with Gasteiger partial charge in [0, 0.05) is 25.0 Å². The molecule has 0 spiro atoms. The van der Waals surface area contributed by atoms with Crippen LogP contribution in [0.4, 0.5) is 15.8 Å². The molecule has 1 aliphatic rings. The summed E-state index contributed by atoms with van der Waals surface area (Å²) in [5.41, 5.74) is -0.168. The Morgan fingerprint density at radius 1 is 1.19 bits per heavy atom. The second-order valence-electron chi connectivity index (χ2n) is 5.35. The fraction of sp³-hybridized carbons (Fsp3) is 0.118. The van der Waals surface area contributed by atoms with Gasteiger partial charge in [0.15, 0.2) is 0 Å². The SMILES string of the molecule is O=C(Oc1cc(F)ccc1[N+](=O)[O-])C1=NN(c2ccccc2)C(=O)CC1. The molecule has 0 aromatic heterocycles. The number of carbonyl (C=O) groups is 2. The van der Waals surface area contributed by atoms with E-state index in [9.17, 15) is 24.1 Å². The molecule has 2 aromatic carbocycles. The van der Waals surface area contributed by atoms with Crippen LogP contribution in [-0.4, -0.2) is 22.5 Å². The molecule has 0 radical (unpaired) electrons. The Labute approximate surface area is 146 Å². The summed E-state index contributed by atoms with van der Waals surface area (Å²) < 4.78 is 18.3. The van der Waals surface area contributed by atoms with E-state index in [1.807, 2.05) is 0 Å². The van der Waals surface area contributed by atoms with Crippen molar-refractivity contribution in [2.24, 2.45) is 5.10 Å². The number of benzene rings is 2. The van der Waals surface area contributed by atoms with Crippen molar-refractivity contribution in [2.45, 2.75) is 12.8 Å². The zero-order valence-corrected chi connectivity index (χ0v) is 13.3. The van der Waals surface area contributed by atoms with Crippen LogP contribution in [0.25, 0.3) is 0 Å². The summed E-state index contributed by atoms with van der Waals surface area (Å²) in [4.78, 5) is 34.5. The van der Waals surface area contributed by atoms with Crippen molar-refractivity contribution in [2.75, 3.05) is 5.01 Å². The van der Waals surface area contributed by atoms with Gasteiger partial charge in [0.05, 0.1) is 10.6 Å². The number of halogens is 1. The lowest BCUT2D eigenvalue weighted by Crippen LogP contribution is -2.35. The van der Waals surface area contributed by atoms with Crippen molar-refractivity contribution >= 4 is 29.0 Å². The Hall–Kier alpha value is -3.62. The Balaban J connectivity index is 1.87. The third-order valence-corrected chi connectivity index (χ3v) is 3.59. The van der Waals surface area contributed by atoms with E-state index in [2.05, 4.69) is 5.10 Å². The minimum absolute atomic E-state index is 0.0180. The Bertz CT molecular complexity index is 914. The average molecular weight is 357 g/mol. The van der Waals surface area contributed by atoms with E-state index in [0.717, 1.165) is 23.2 Å². The molecule has 0 aliphatic carbocycles. The summed E-state index contributed by atoms with van der Waals surface area (Å²) in [5.74, 6) is -2.59. The summed E-state index contributed by atoms with van der Waals surface area (Å²) in [6.45, 7) is 0. The van der Waals surface area contributed by atoms with Gasteiger partial charge >= 0.3 is 11.7 Å². The van der Waals surface area contributed by atoms with Crippen LogP contribution in [0.5, 0.6) is 5.75 Å². The Morgan fingerprint density at radius 3 is 2.62 bits per heavy atom. The first kappa shape index (κ1) is 17.2. The second-order valence-corrected chi connectivity index (χ2v) is 5.35. The molecule has 0 N–H and O–H groups in total. The normalized spacial score (nSPS) is 14.0. The summed E-state index contributed by atoms with van der Waals surface area (Å²) in [7, 11) is 0. The molecule has 8 nitrogen and oxygen atoms in total. The maximum atomic E-state index is 13.3. The second kappa shape index (κ2) is 7.09. The average Bonchev–Trinajstić information content (AvgIpc) is 2.62. The van der Waals surface area contributed by atoms with Crippen LogP contribution in [0.15, 0.2) is 53.6 Å². The number of hydrogen-bond acceptors (Lipinski definition) is 6. The van der Waals surface area contributed by atoms with Crippen molar-refractivity contribution in [3.05, 3.63) is 64.5 Å². The van der Waals surface area contributed by atoms with E-state index >= 15 is 0 Å². The molecule has 1 aliphatic heterocycles. The molecule has 3 rings (SSSR count). The van der Waals surface area contributed by atoms with Crippen molar-refractivity contribution < 1.29 is 23.6 Å². The van der Waals surface area contributed by atoms with Crippen LogP contribution in [0, 0.1) is 15.9 Å². The standard InChI is InChI=1S/C17H12FN3O5/c18-11-6-8-14(21(24)25)15(10-11)26-17(23)13-7-9-16(22)20(19-13)12-4-2-1-3-5-12/h1-6,8,10H,7,9H2. The van der Waals surface area contributed by atoms with E-state index in [-0.39, 0.29) is 24.5 Å². The van der Waals surface area contributed by atoms with Gasteiger partial charge in [-0.1, -0.05) is 18.2 Å². The summed E-state index contributed by atoms with van der Waals surface area (Å²) in [5, 5.41) is 16.0. The van der Waals surface area contributed by atoms with E-state index in [4.69, 9.17) is 4.74 Å². The molecule has 0 saturated heterocycles. The van der Waals surface area contributed by atoms with Gasteiger partial charge in [-0.3, -0.25) is 14.9 Å². The topological polar surface area (TPSA) is 102 Å². The number of hydrogen-bond donors (Lipinski definition) is 0. The molecule has 0 atom stereocenters. The van der Waals surface area contributed by atoms with Crippen molar-refractivity contribution in [3.63, 3.8) is 0 Å². The van der Waals surface area contributed by atoms with Gasteiger partial charge in [-0.05, 0) is 18.2 Å². The lowest BCUT2D eigenvalue weighted by Gasteiger charge is -2.22. The molecule has 0 unspecified atom stereocenters. The molecule has 132 valence electrons. The van der Waals surface area contributed by atoms with Gasteiger partial charge in [-0.25, -0.2) is 14.2 Å². The summed E-state index contributed by atoms with van der Waals surface area (Å²) in [6.07, 6.45) is 0.0399. The monoisotopic (exact) mass is 357 g/mol. The van der Waals surface area contributed by atoms with Gasteiger partial charge in [0.25, 0.3) is 0 Å². The van der Waals surface area contributed by atoms with Gasteiger partial charge in [-0.15, -0.1) is 0 Å². The smallest absolute Gasteiger partial charge is 0.360 e. The highest BCUT2D eigenvalue weighted by molar-refractivity contribution is 6.38. The zero-order chi connectivity index (χ0) is 18.7. The lowest BCUT2D eigenvalue weighted by molar-refractivity contribution is -0.385. The molecule has 2 aromatic rings. The summed E-state index contributed by atoms with van der Waals surface area (Å²) in [6, 6.07) is 11.0. The number of para-hydroxylation sites is 1. The number of carbonyl (C=O) groups excluding carboxylic acids is 2. The first-order valence-corrected chi connectivity index (χ1v) is 7.57. The van der Waals surface area contributed by atoms with E-state index in [1.165, 1.54) is 0 Å². The van der Waals surface area contributed by atoms with Gasteiger partial charge in [-0.2, -0.15) is 5.10 Å². The predicted molar refractivity (Wildman–Crippen MR) is 89.3 cm³/mol. The van der Waals surface area contributed by atoms with E-state index in [0.29, 0.717) is 5.69 Å². The zero-order valence-electron chi connectivity index (χ0n) is 13.3. The minimum atomic E-state index is -0.980. The minimum Gasteiger partial charge on any atom is -0.414 e. The quantitative estimate of drug-likeness (QED) is 0.362. The van der Waals surface area contributed by atoms with Gasteiger partial charge in [0.1, 0.15) is 11.5 Å². The van der Waals surface area contributed by atoms with Crippen LogP contribution >= 0.6 is 0 Å². The van der Waals surface area contributed by atoms with Crippen molar-refractivity contribution in [3.8, 4) is 5.75 Å². The number of nitro groups is 1. The highest BCUT2D eigenvalue weighted by Crippen LogP contribution is 2.28. The number of nitro benzene ring substituents is 1.